The fourth-order valence-electron chi connectivity index (χ4n) is 7.90. The van der Waals surface area contributed by atoms with E-state index in [1.165, 1.54) is 4.90 Å². The van der Waals surface area contributed by atoms with Gasteiger partial charge in [-0.15, -0.1) is 0 Å². The molecule has 7 atom stereocenters. The molecule has 2 aromatic carbocycles. The maximum atomic E-state index is 14.6. The fourth-order valence-corrected chi connectivity index (χ4v) is 7.90. The normalized spacial score (nSPS) is 32.4. The molecule has 230 valence electrons. The van der Waals surface area contributed by atoms with Crippen LogP contribution in [-0.2, 0) is 30.4 Å². The van der Waals surface area contributed by atoms with Gasteiger partial charge in [-0.1, -0.05) is 67.6 Å². The molecule has 3 amide bonds. The zero-order chi connectivity index (χ0) is 30.2. The van der Waals surface area contributed by atoms with Crippen LogP contribution in [0.25, 0.3) is 0 Å². The number of amides is 3. The third-order valence-corrected chi connectivity index (χ3v) is 10.1. The van der Waals surface area contributed by atoms with E-state index >= 15 is 0 Å². The average Bonchev–Trinajstić information content (AvgIpc) is 3.54. The Balaban J connectivity index is 1.32. The van der Waals surface area contributed by atoms with Gasteiger partial charge in [0, 0.05) is 32.7 Å². The maximum absolute atomic E-state index is 14.6. The Bertz CT molecular complexity index is 1320. The number of rotatable bonds is 10. The Morgan fingerprint density at radius 3 is 2.37 bits per heavy atom. The number of fused-ring (bicyclic) bond motifs is 1. The number of nitrogens with zero attached hydrogens (tertiary/aromatic N) is 2. The van der Waals surface area contributed by atoms with E-state index in [-0.39, 0.29) is 30.2 Å². The number of morpholine rings is 1. The molecule has 1 spiro atoms. The lowest BCUT2D eigenvalue weighted by Crippen LogP contribution is -2.57. The first kappa shape index (κ1) is 29.7. The summed E-state index contributed by atoms with van der Waals surface area (Å²) in [7, 11) is 0. The highest BCUT2D eigenvalue weighted by atomic mass is 16.5. The molecule has 0 aromatic heterocycles. The van der Waals surface area contributed by atoms with E-state index in [9.17, 15) is 19.5 Å². The molecule has 0 radical (unpaired) electrons. The van der Waals surface area contributed by atoms with Gasteiger partial charge >= 0.3 is 0 Å². The molecular formula is C33H42N4O6. The number of nitrogens with one attached hydrogen (secondary N) is 2. The third kappa shape index (κ3) is 5.14. The van der Waals surface area contributed by atoms with E-state index in [1.807, 2.05) is 74.5 Å². The predicted molar refractivity (Wildman–Crippen MR) is 158 cm³/mol. The number of ether oxygens (including phenoxy) is 2. The van der Waals surface area contributed by atoms with Crippen LogP contribution in [0.2, 0.25) is 0 Å². The molecule has 2 bridgehead atoms. The monoisotopic (exact) mass is 590 g/mol. The first-order valence-corrected chi connectivity index (χ1v) is 15.4. The van der Waals surface area contributed by atoms with Gasteiger partial charge in [-0.2, -0.15) is 0 Å². The fraction of sp³-hybridized carbons (Fsp3) is 0.545. The zero-order valence-electron chi connectivity index (χ0n) is 24.9. The van der Waals surface area contributed by atoms with Crippen molar-refractivity contribution in [3.05, 3.63) is 71.8 Å². The summed E-state index contributed by atoms with van der Waals surface area (Å²) >= 11 is 0. The summed E-state index contributed by atoms with van der Waals surface area (Å²) in [5.74, 6) is -2.61. The van der Waals surface area contributed by atoms with Crippen LogP contribution in [0.15, 0.2) is 60.7 Å². The molecule has 0 aliphatic carbocycles. The van der Waals surface area contributed by atoms with Crippen LogP contribution in [0.4, 0.5) is 0 Å². The molecule has 2 aromatic rings. The van der Waals surface area contributed by atoms with Crippen molar-refractivity contribution in [1.82, 2.24) is 20.4 Å². The summed E-state index contributed by atoms with van der Waals surface area (Å²) in [6, 6.07) is 17.1. The minimum atomic E-state index is -1.19. The van der Waals surface area contributed by atoms with Gasteiger partial charge in [0.15, 0.2) is 0 Å². The van der Waals surface area contributed by atoms with Crippen LogP contribution in [0.5, 0.6) is 0 Å². The Labute approximate surface area is 252 Å². The summed E-state index contributed by atoms with van der Waals surface area (Å²) in [5.41, 5.74) is -0.430. The minimum absolute atomic E-state index is 0.0723. The van der Waals surface area contributed by atoms with Crippen molar-refractivity contribution in [2.75, 3.05) is 46.0 Å². The SMILES string of the molecule is CC1CC23O[C@]1(C)[C@@H](C(=O)NCc1ccccc1)[C@H]2C(=O)N([C@H](CO)c1ccccc1)C3C(=O)NCCN1CCOCC1. The second-order valence-corrected chi connectivity index (χ2v) is 12.5. The number of hydrogen-bond donors (Lipinski definition) is 3. The summed E-state index contributed by atoms with van der Waals surface area (Å²) in [4.78, 5) is 46.5. The highest BCUT2D eigenvalue weighted by Gasteiger charge is 2.80. The topological polar surface area (TPSA) is 120 Å². The molecule has 3 unspecified atom stereocenters. The largest absolute Gasteiger partial charge is 0.394 e. The van der Waals surface area contributed by atoms with E-state index in [4.69, 9.17) is 9.47 Å². The van der Waals surface area contributed by atoms with Gasteiger partial charge in [0.2, 0.25) is 17.7 Å². The van der Waals surface area contributed by atoms with Crippen molar-refractivity contribution in [2.45, 2.75) is 50.1 Å². The van der Waals surface area contributed by atoms with Crippen LogP contribution in [0.1, 0.15) is 37.4 Å². The molecule has 4 aliphatic heterocycles. The molecule has 6 rings (SSSR count). The molecule has 0 saturated carbocycles. The number of aliphatic hydroxyl groups is 1. The van der Waals surface area contributed by atoms with Gasteiger partial charge in [-0.05, 0) is 30.4 Å². The summed E-state index contributed by atoms with van der Waals surface area (Å²) in [6.07, 6.45) is 0.466. The van der Waals surface area contributed by atoms with Crippen LogP contribution in [-0.4, -0.2) is 95.9 Å². The van der Waals surface area contributed by atoms with E-state index in [1.54, 1.807) is 0 Å². The lowest BCUT2D eigenvalue weighted by Gasteiger charge is -2.37. The van der Waals surface area contributed by atoms with Crippen molar-refractivity contribution in [3.8, 4) is 0 Å². The Morgan fingerprint density at radius 1 is 1.02 bits per heavy atom. The van der Waals surface area contributed by atoms with Crippen molar-refractivity contribution in [1.29, 1.82) is 0 Å². The molecule has 3 N–H and O–H groups in total. The van der Waals surface area contributed by atoms with Crippen LogP contribution in [0, 0.1) is 17.8 Å². The first-order valence-electron chi connectivity index (χ1n) is 15.4. The molecule has 4 saturated heterocycles. The van der Waals surface area contributed by atoms with Crippen molar-refractivity contribution in [3.63, 3.8) is 0 Å². The smallest absolute Gasteiger partial charge is 0.245 e. The molecule has 4 heterocycles. The van der Waals surface area contributed by atoms with E-state index in [0.29, 0.717) is 39.3 Å². The Morgan fingerprint density at radius 2 is 1.70 bits per heavy atom. The standard InChI is InChI=1S/C33H42N4O6/c1-22-19-33-27(26(32(22,2)43-33)29(39)35-20-23-9-5-3-6-10-23)31(41)37(25(21-38)24-11-7-4-8-12-24)28(33)30(40)34-13-14-36-15-17-42-18-16-36/h3-12,22,25-28,38H,13-21H2,1-2H3,(H,34,40)(H,35,39)/t22?,25-,26-,27+,28?,32+,33?/m1/s1. The van der Waals surface area contributed by atoms with Crippen LogP contribution >= 0.6 is 0 Å². The van der Waals surface area contributed by atoms with Gasteiger partial charge in [-0.25, -0.2) is 0 Å². The highest BCUT2D eigenvalue weighted by Crippen LogP contribution is 2.65. The quantitative estimate of drug-likeness (QED) is 0.384. The molecular weight excluding hydrogens is 548 g/mol. The van der Waals surface area contributed by atoms with Gasteiger partial charge in [-0.3, -0.25) is 19.3 Å². The number of carbonyl (C=O) groups is 3. The Hall–Kier alpha value is -3.31. The molecule has 4 aliphatic rings. The Kier molecular flexibility index (Phi) is 8.30. The number of hydrogen-bond acceptors (Lipinski definition) is 7. The first-order chi connectivity index (χ1) is 20.8. The molecule has 43 heavy (non-hydrogen) atoms. The summed E-state index contributed by atoms with van der Waals surface area (Å²) < 4.78 is 12.3. The van der Waals surface area contributed by atoms with E-state index in [2.05, 4.69) is 15.5 Å². The minimum Gasteiger partial charge on any atom is -0.394 e. The summed E-state index contributed by atoms with van der Waals surface area (Å²) in [6.45, 7) is 7.89. The second kappa shape index (κ2) is 12.0. The molecule has 10 nitrogen and oxygen atoms in total. The van der Waals surface area contributed by atoms with Crippen LogP contribution < -0.4 is 10.6 Å². The van der Waals surface area contributed by atoms with Crippen LogP contribution in [0.3, 0.4) is 0 Å². The number of benzene rings is 2. The maximum Gasteiger partial charge on any atom is 0.245 e. The summed E-state index contributed by atoms with van der Waals surface area (Å²) in [5, 5.41) is 16.8. The van der Waals surface area contributed by atoms with Crippen molar-refractivity contribution >= 4 is 17.7 Å². The van der Waals surface area contributed by atoms with E-state index in [0.717, 1.165) is 24.2 Å². The third-order valence-electron chi connectivity index (χ3n) is 10.1. The predicted octanol–water partition coefficient (Wildman–Crippen LogP) is 1.50. The molecule has 4 fully saturated rings. The number of aliphatic hydroxyl groups excluding tert-OH is 1. The van der Waals surface area contributed by atoms with Gasteiger partial charge in [0.05, 0.1) is 43.3 Å². The molecule has 10 heteroatoms. The number of likely N-dealkylation sites (tertiary alicyclic amines) is 1. The highest BCUT2D eigenvalue weighted by molar-refractivity contribution is 5.99. The van der Waals surface area contributed by atoms with Gasteiger partial charge in [0.1, 0.15) is 11.6 Å². The second-order valence-electron chi connectivity index (χ2n) is 12.5. The van der Waals surface area contributed by atoms with Gasteiger partial charge in [0.25, 0.3) is 0 Å². The lowest BCUT2D eigenvalue weighted by molar-refractivity contribution is -0.151. The van der Waals surface area contributed by atoms with Gasteiger partial charge < -0.3 is 30.1 Å². The number of carbonyl (C=O) groups excluding carboxylic acids is 3. The van der Waals surface area contributed by atoms with E-state index < -0.39 is 35.1 Å². The zero-order valence-corrected chi connectivity index (χ0v) is 24.9. The lowest BCUT2D eigenvalue weighted by atomic mass is 9.62. The van der Waals surface area contributed by atoms with Crippen molar-refractivity contribution in [2.24, 2.45) is 17.8 Å². The van der Waals surface area contributed by atoms with Crippen molar-refractivity contribution < 1.29 is 29.0 Å². The average molecular weight is 591 g/mol.